The van der Waals surface area contributed by atoms with Crippen molar-refractivity contribution in [2.45, 2.75) is 12.5 Å². The highest BCUT2D eigenvalue weighted by Gasteiger charge is 2.30. The third-order valence-electron chi connectivity index (χ3n) is 3.29. The highest BCUT2D eigenvalue weighted by Crippen LogP contribution is 2.40. The van der Waals surface area contributed by atoms with Gasteiger partial charge in [0.05, 0.1) is 6.42 Å². The lowest BCUT2D eigenvalue weighted by molar-refractivity contribution is 0.0845. The van der Waals surface area contributed by atoms with Crippen LogP contribution in [0.15, 0.2) is 36.4 Å². The molecule has 0 saturated heterocycles. The van der Waals surface area contributed by atoms with Gasteiger partial charge in [-0.05, 0) is 29.8 Å². The van der Waals surface area contributed by atoms with Crippen LogP contribution < -0.4 is 4.74 Å². The Kier molecular flexibility index (Phi) is 2.75. The van der Waals surface area contributed by atoms with E-state index < -0.39 is 6.10 Å². The van der Waals surface area contributed by atoms with E-state index in [0.717, 1.165) is 0 Å². The Morgan fingerprint density at radius 2 is 1.80 bits per heavy atom. The summed E-state index contributed by atoms with van der Waals surface area (Å²) in [5.41, 5.74) is 0.773. The van der Waals surface area contributed by atoms with Gasteiger partial charge in [0.1, 0.15) is 23.2 Å². The predicted molar refractivity (Wildman–Crippen MR) is 70.2 cm³/mol. The van der Waals surface area contributed by atoms with Crippen LogP contribution >= 0.6 is 0 Å². The molecular formula is C15H12O5. The minimum absolute atomic E-state index is 0.0643. The van der Waals surface area contributed by atoms with E-state index in [4.69, 9.17) is 4.74 Å². The molecule has 0 aromatic heterocycles. The van der Waals surface area contributed by atoms with Crippen molar-refractivity contribution in [3.63, 3.8) is 0 Å². The van der Waals surface area contributed by atoms with Gasteiger partial charge in [0, 0.05) is 0 Å². The molecule has 3 rings (SSSR count). The van der Waals surface area contributed by atoms with Crippen molar-refractivity contribution in [1.82, 2.24) is 0 Å². The number of aromatic hydroxyl groups is 3. The fourth-order valence-electron chi connectivity index (χ4n) is 2.29. The first kappa shape index (κ1) is 12.3. The van der Waals surface area contributed by atoms with E-state index in [2.05, 4.69) is 0 Å². The molecule has 102 valence electrons. The number of rotatable bonds is 1. The third kappa shape index (κ3) is 1.93. The number of phenolic OH excluding ortho intramolecular Hbond substituents is 3. The SMILES string of the molecule is O=C1CC(c2ccc(O)c(O)c2)Oc2cccc(O)c21. The van der Waals surface area contributed by atoms with Crippen LogP contribution in [0.2, 0.25) is 0 Å². The molecule has 0 fully saturated rings. The van der Waals surface area contributed by atoms with E-state index in [9.17, 15) is 20.1 Å². The van der Waals surface area contributed by atoms with Gasteiger partial charge in [-0.25, -0.2) is 0 Å². The molecule has 20 heavy (non-hydrogen) atoms. The normalized spacial score (nSPS) is 17.4. The first-order valence-electron chi connectivity index (χ1n) is 6.10. The zero-order valence-corrected chi connectivity index (χ0v) is 10.4. The Bertz CT molecular complexity index is 693. The van der Waals surface area contributed by atoms with Crippen molar-refractivity contribution in [2.75, 3.05) is 0 Å². The van der Waals surface area contributed by atoms with Gasteiger partial charge in [-0.15, -0.1) is 0 Å². The predicted octanol–water partition coefficient (Wildman–Crippen LogP) is 2.51. The van der Waals surface area contributed by atoms with Crippen LogP contribution in [0.3, 0.4) is 0 Å². The maximum atomic E-state index is 12.1. The van der Waals surface area contributed by atoms with Gasteiger partial charge in [0.2, 0.25) is 0 Å². The van der Waals surface area contributed by atoms with Crippen molar-refractivity contribution in [1.29, 1.82) is 0 Å². The lowest BCUT2D eigenvalue weighted by Gasteiger charge is -2.26. The Balaban J connectivity index is 1.99. The molecule has 0 amide bonds. The molecule has 1 heterocycles. The number of fused-ring (bicyclic) bond motifs is 1. The molecule has 0 radical (unpaired) electrons. The fourth-order valence-corrected chi connectivity index (χ4v) is 2.29. The van der Waals surface area contributed by atoms with Gasteiger partial charge in [0.25, 0.3) is 0 Å². The number of hydrogen-bond donors (Lipinski definition) is 3. The summed E-state index contributed by atoms with van der Waals surface area (Å²) in [6, 6.07) is 8.93. The van der Waals surface area contributed by atoms with Crippen molar-refractivity contribution in [3.05, 3.63) is 47.5 Å². The monoisotopic (exact) mass is 272 g/mol. The summed E-state index contributed by atoms with van der Waals surface area (Å²) >= 11 is 0. The minimum Gasteiger partial charge on any atom is -0.507 e. The van der Waals surface area contributed by atoms with E-state index in [-0.39, 0.29) is 35.0 Å². The standard InChI is InChI=1S/C15H12O5/c16-9-5-4-8(6-11(9)18)14-7-12(19)15-10(17)2-1-3-13(15)20-14/h1-6,14,16-18H,7H2. The average molecular weight is 272 g/mol. The summed E-state index contributed by atoms with van der Waals surface area (Å²) in [6.45, 7) is 0. The van der Waals surface area contributed by atoms with Gasteiger partial charge >= 0.3 is 0 Å². The lowest BCUT2D eigenvalue weighted by atomic mass is 9.95. The Labute approximate surface area is 114 Å². The number of ether oxygens (including phenoxy) is 1. The largest absolute Gasteiger partial charge is 0.507 e. The molecule has 1 atom stereocenters. The maximum Gasteiger partial charge on any atom is 0.174 e. The van der Waals surface area contributed by atoms with Crippen molar-refractivity contribution < 1.29 is 24.9 Å². The molecule has 1 aliphatic rings. The van der Waals surface area contributed by atoms with E-state index in [1.54, 1.807) is 18.2 Å². The van der Waals surface area contributed by atoms with Crippen LogP contribution in [0.5, 0.6) is 23.0 Å². The van der Waals surface area contributed by atoms with Gasteiger partial charge in [0.15, 0.2) is 17.3 Å². The molecular weight excluding hydrogens is 260 g/mol. The maximum absolute atomic E-state index is 12.1. The number of phenols is 3. The van der Waals surface area contributed by atoms with E-state index in [1.807, 2.05) is 0 Å². The van der Waals surface area contributed by atoms with Crippen molar-refractivity contribution in [2.24, 2.45) is 0 Å². The van der Waals surface area contributed by atoms with Crippen LogP contribution in [0.4, 0.5) is 0 Å². The molecule has 2 aromatic carbocycles. The molecule has 1 aliphatic heterocycles. The Hall–Kier alpha value is -2.69. The minimum atomic E-state index is -0.553. The second-order valence-corrected chi connectivity index (χ2v) is 4.63. The molecule has 0 bridgehead atoms. The van der Waals surface area contributed by atoms with E-state index >= 15 is 0 Å². The number of hydrogen-bond acceptors (Lipinski definition) is 5. The van der Waals surface area contributed by atoms with Crippen LogP contribution in [0, 0.1) is 0 Å². The molecule has 0 saturated carbocycles. The van der Waals surface area contributed by atoms with Crippen LogP contribution in [0.1, 0.15) is 28.4 Å². The second-order valence-electron chi connectivity index (χ2n) is 4.63. The van der Waals surface area contributed by atoms with Gasteiger partial charge in [-0.3, -0.25) is 4.79 Å². The summed E-state index contributed by atoms with van der Waals surface area (Å²) in [7, 11) is 0. The lowest BCUT2D eigenvalue weighted by Crippen LogP contribution is -2.20. The third-order valence-corrected chi connectivity index (χ3v) is 3.29. The van der Waals surface area contributed by atoms with Gasteiger partial charge in [-0.1, -0.05) is 12.1 Å². The molecule has 0 spiro atoms. The second kappa shape index (κ2) is 4.45. The zero-order chi connectivity index (χ0) is 14.3. The number of carbonyl (C=O) groups is 1. The van der Waals surface area contributed by atoms with Gasteiger partial charge in [-0.2, -0.15) is 0 Å². The first-order chi connectivity index (χ1) is 9.56. The molecule has 3 N–H and O–H groups in total. The molecule has 0 aliphatic carbocycles. The summed E-state index contributed by atoms with van der Waals surface area (Å²) < 4.78 is 5.69. The molecule has 2 aromatic rings. The fraction of sp³-hybridized carbons (Fsp3) is 0.133. The first-order valence-corrected chi connectivity index (χ1v) is 6.10. The number of ketones is 1. The summed E-state index contributed by atoms with van der Waals surface area (Å²) in [4.78, 5) is 12.1. The van der Waals surface area contributed by atoms with Gasteiger partial charge < -0.3 is 20.1 Å². The van der Waals surface area contributed by atoms with Crippen LogP contribution in [-0.4, -0.2) is 21.1 Å². The zero-order valence-electron chi connectivity index (χ0n) is 10.4. The topological polar surface area (TPSA) is 87.0 Å². The smallest absolute Gasteiger partial charge is 0.174 e. The highest BCUT2D eigenvalue weighted by atomic mass is 16.5. The Morgan fingerprint density at radius 1 is 1.00 bits per heavy atom. The summed E-state index contributed by atoms with van der Waals surface area (Å²) in [5, 5.41) is 28.5. The van der Waals surface area contributed by atoms with E-state index in [1.165, 1.54) is 18.2 Å². The molecule has 5 heteroatoms. The van der Waals surface area contributed by atoms with Crippen LogP contribution in [0.25, 0.3) is 0 Å². The van der Waals surface area contributed by atoms with Crippen molar-refractivity contribution >= 4 is 5.78 Å². The quantitative estimate of drug-likeness (QED) is 0.694. The highest BCUT2D eigenvalue weighted by molar-refractivity contribution is 6.02. The van der Waals surface area contributed by atoms with Crippen LogP contribution in [-0.2, 0) is 0 Å². The number of carbonyl (C=O) groups excluding carboxylic acids is 1. The summed E-state index contributed by atoms with van der Waals surface area (Å²) in [5.74, 6) is -0.491. The molecule has 1 unspecified atom stereocenters. The molecule has 5 nitrogen and oxygen atoms in total. The number of Topliss-reactive ketones (excluding diaryl/α,β-unsaturated/α-hetero) is 1. The summed E-state index contributed by atoms with van der Waals surface area (Å²) in [6.07, 6.45) is -0.488. The van der Waals surface area contributed by atoms with Crippen molar-refractivity contribution in [3.8, 4) is 23.0 Å². The number of benzene rings is 2. The van der Waals surface area contributed by atoms with E-state index in [0.29, 0.717) is 11.3 Å². The average Bonchev–Trinajstić information content (AvgIpc) is 2.41. The Morgan fingerprint density at radius 3 is 2.55 bits per heavy atom.